The Kier molecular flexibility index (Phi) is 6.98. The van der Waals surface area contributed by atoms with Gasteiger partial charge >= 0.3 is 0 Å². The van der Waals surface area contributed by atoms with Gasteiger partial charge in [-0.25, -0.2) is 13.1 Å². The van der Waals surface area contributed by atoms with Gasteiger partial charge in [-0.1, -0.05) is 6.92 Å². The second-order valence-electron chi connectivity index (χ2n) is 6.27. The van der Waals surface area contributed by atoms with Gasteiger partial charge in [-0.3, -0.25) is 9.48 Å². The topological polar surface area (TPSA) is 116 Å². The summed E-state index contributed by atoms with van der Waals surface area (Å²) in [5.41, 5.74) is 7.37. The molecule has 0 saturated heterocycles. The Morgan fingerprint density at radius 3 is 2.63 bits per heavy atom. The third kappa shape index (κ3) is 5.54. The highest BCUT2D eigenvalue weighted by atomic mass is 32.2. The molecule has 0 unspecified atom stereocenters. The van der Waals surface area contributed by atoms with Gasteiger partial charge in [0.2, 0.25) is 10.0 Å². The van der Waals surface area contributed by atoms with E-state index >= 15 is 0 Å². The van der Waals surface area contributed by atoms with E-state index < -0.39 is 15.9 Å². The van der Waals surface area contributed by atoms with Gasteiger partial charge in [0, 0.05) is 18.8 Å². The zero-order chi connectivity index (χ0) is 20.0. The molecule has 1 heterocycles. The number of benzene rings is 1. The van der Waals surface area contributed by atoms with E-state index in [2.05, 4.69) is 9.82 Å². The predicted molar refractivity (Wildman–Crippen MR) is 102 cm³/mol. The number of nitrogens with two attached hydrogens (primary N) is 1. The summed E-state index contributed by atoms with van der Waals surface area (Å²) in [5, 5.41) is 4.34. The van der Waals surface area contributed by atoms with E-state index in [-0.39, 0.29) is 22.8 Å². The smallest absolute Gasteiger partial charge is 0.252 e. The fraction of sp³-hybridized carbons (Fsp3) is 0.444. The third-order valence-corrected chi connectivity index (χ3v) is 5.39. The molecular formula is C18H26N4O4S. The van der Waals surface area contributed by atoms with Crippen LogP contribution in [-0.4, -0.2) is 37.3 Å². The maximum Gasteiger partial charge on any atom is 0.252 e. The fourth-order valence-electron chi connectivity index (χ4n) is 2.63. The van der Waals surface area contributed by atoms with Crippen LogP contribution >= 0.6 is 0 Å². The van der Waals surface area contributed by atoms with Crippen LogP contribution in [0.15, 0.2) is 29.2 Å². The molecule has 148 valence electrons. The summed E-state index contributed by atoms with van der Waals surface area (Å²) in [4.78, 5) is 11.6. The Hall–Kier alpha value is -2.39. The normalized spacial score (nSPS) is 11.5. The lowest BCUT2D eigenvalue weighted by Gasteiger charge is -2.12. The summed E-state index contributed by atoms with van der Waals surface area (Å²) in [5.74, 6) is -0.449. The van der Waals surface area contributed by atoms with Gasteiger partial charge in [-0.05, 0) is 51.0 Å². The van der Waals surface area contributed by atoms with Crippen molar-refractivity contribution < 1.29 is 17.9 Å². The van der Waals surface area contributed by atoms with Crippen molar-refractivity contribution in [2.45, 2.75) is 45.1 Å². The summed E-state index contributed by atoms with van der Waals surface area (Å²) in [7, 11) is -3.76. The number of primary amides is 1. The van der Waals surface area contributed by atoms with E-state index in [0.717, 1.165) is 17.8 Å². The number of aromatic nitrogens is 2. The van der Waals surface area contributed by atoms with Gasteiger partial charge < -0.3 is 10.5 Å². The molecule has 1 aromatic heterocycles. The van der Waals surface area contributed by atoms with Crippen LogP contribution in [0.4, 0.5) is 0 Å². The summed E-state index contributed by atoms with van der Waals surface area (Å²) in [6, 6.07) is 6.08. The molecule has 3 N–H and O–H groups in total. The van der Waals surface area contributed by atoms with E-state index in [9.17, 15) is 13.2 Å². The number of aryl methyl sites for hydroxylation is 3. The van der Waals surface area contributed by atoms with Gasteiger partial charge in [0.05, 0.1) is 22.8 Å². The van der Waals surface area contributed by atoms with Gasteiger partial charge in [0.15, 0.2) is 0 Å². The van der Waals surface area contributed by atoms with Crippen molar-refractivity contribution in [2.75, 3.05) is 13.2 Å². The molecule has 0 bridgehead atoms. The first kappa shape index (κ1) is 20.9. The van der Waals surface area contributed by atoms with Crippen LogP contribution in [0.2, 0.25) is 0 Å². The van der Waals surface area contributed by atoms with E-state index in [4.69, 9.17) is 10.5 Å². The van der Waals surface area contributed by atoms with Crippen molar-refractivity contribution in [1.82, 2.24) is 14.5 Å². The molecule has 0 spiro atoms. The number of nitrogens with one attached hydrogen (secondary N) is 1. The second-order valence-corrected chi connectivity index (χ2v) is 8.04. The minimum Gasteiger partial charge on any atom is -0.493 e. The van der Waals surface area contributed by atoms with E-state index in [1.165, 1.54) is 18.2 Å². The molecule has 2 aromatic rings. The van der Waals surface area contributed by atoms with Crippen LogP contribution in [0.1, 0.15) is 41.5 Å². The van der Waals surface area contributed by atoms with Crippen LogP contribution in [0, 0.1) is 13.8 Å². The lowest BCUT2D eigenvalue weighted by Crippen LogP contribution is -2.26. The Bertz CT molecular complexity index is 906. The highest BCUT2D eigenvalue weighted by Gasteiger charge is 2.18. The van der Waals surface area contributed by atoms with Gasteiger partial charge in [-0.2, -0.15) is 5.10 Å². The van der Waals surface area contributed by atoms with Crippen LogP contribution in [0.25, 0.3) is 0 Å². The first-order valence-corrected chi connectivity index (χ1v) is 10.3. The van der Waals surface area contributed by atoms with Crippen molar-refractivity contribution in [3.63, 3.8) is 0 Å². The monoisotopic (exact) mass is 394 g/mol. The van der Waals surface area contributed by atoms with E-state index in [1.54, 1.807) is 0 Å². The molecule has 9 heteroatoms. The Labute approximate surface area is 159 Å². The van der Waals surface area contributed by atoms with Crippen LogP contribution in [0.5, 0.6) is 5.75 Å². The van der Waals surface area contributed by atoms with Crippen LogP contribution in [0.3, 0.4) is 0 Å². The molecule has 0 aliphatic rings. The molecule has 0 radical (unpaired) electrons. The van der Waals surface area contributed by atoms with Gasteiger partial charge in [0.25, 0.3) is 5.91 Å². The van der Waals surface area contributed by atoms with Crippen molar-refractivity contribution in [2.24, 2.45) is 5.73 Å². The highest BCUT2D eigenvalue weighted by molar-refractivity contribution is 7.89. The molecule has 0 fully saturated rings. The lowest BCUT2D eigenvalue weighted by molar-refractivity contribution is 0.0996. The Balaban J connectivity index is 2.03. The summed E-state index contributed by atoms with van der Waals surface area (Å²) in [6.45, 7) is 7.07. The predicted octanol–water partition coefficient (Wildman–Crippen LogP) is 1.76. The standard InChI is InChI=1S/C18H26N4O4S/c1-4-10-26-17-7-6-15(12-16(17)18(19)23)27(24,25)20-8-5-9-22-14(3)11-13(2)21-22/h6-7,11-12,20H,4-5,8-10H2,1-3H3,(H2,19,23). The Morgan fingerprint density at radius 2 is 2.04 bits per heavy atom. The first-order valence-electron chi connectivity index (χ1n) is 8.82. The molecule has 2 rings (SSSR count). The number of hydrogen-bond acceptors (Lipinski definition) is 5. The zero-order valence-electron chi connectivity index (χ0n) is 15.9. The number of carbonyl (C=O) groups excluding carboxylic acids is 1. The maximum absolute atomic E-state index is 12.5. The molecule has 27 heavy (non-hydrogen) atoms. The summed E-state index contributed by atoms with van der Waals surface area (Å²) in [6.07, 6.45) is 1.34. The highest BCUT2D eigenvalue weighted by Crippen LogP contribution is 2.22. The van der Waals surface area contributed by atoms with E-state index in [0.29, 0.717) is 19.6 Å². The molecule has 0 aliphatic heterocycles. The number of carbonyl (C=O) groups is 1. The number of rotatable bonds is 10. The number of nitrogens with zero attached hydrogens (tertiary/aromatic N) is 2. The molecule has 1 amide bonds. The number of sulfonamides is 1. The Morgan fingerprint density at radius 1 is 1.30 bits per heavy atom. The van der Waals surface area contributed by atoms with Crippen LogP contribution in [-0.2, 0) is 16.6 Å². The lowest BCUT2D eigenvalue weighted by atomic mass is 10.2. The van der Waals surface area contributed by atoms with Crippen molar-refractivity contribution in [1.29, 1.82) is 0 Å². The van der Waals surface area contributed by atoms with Gasteiger partial charge in [0.1, 0.15) is 5.75 Å². The minimum atomic E-state index is -3.76. The summed E-state index contributed by atoms with van der Waals surface area (Å²) >= 11 is 0. The number of hydrogen-bond donors (Lipinski definition) is 2. The number of ether oxygens (including phenoxy) is 1. The minimum absolute atomic E-state index is 0.0220. The van der Waals surface area contributed by atoms with Gasteiger partial charge in [-0.15, -0.1) is 0 Å². The zero-order valence-corrected chi connectivity index (χ0v) is 16.7. The van der Waals surface area contributed by atoms with Crippen LogP contribution < -0.4 is 15.2 Å². The molecule has 0 saturated carbocycles. The maximum atomic E-state index is 12.5. The molecule has 0 atom stereocenters. The largest absolute Gasteiger partial charge is 0.493 e. The average molecular weight is 394 g/mol. The van der Waals surface area contributed by atoms with Crippen molar-refractivity contribution in [3.8, 4) is 5.75 Å². The SMILES string of the molecule is CCCOc1ccc(S(=O)(=O)NCCCn2nc(C)cc2C)cc1C(N)=O. The number of amides is 1. The average Bonchev–Trinajstić information content (AvgIpc) is 2.94. The molecular weight excluding hydrogens is 368 g/mol. The van der Waals surface area contributed by atoms with Crippen molar-refractivity contribution in [3.05, 3.63) is 41.2 Å². The van der Waals surface area contributed by atoms with Crippen molar-refractivity contribution >= 4 is 15.9 Å². The molecule has 8 nitrogen and oxygen atoms in total. The van der Waals surface area contributed by atoms with E-state index in [1.807, 2.05) is 31.5 Å². The summed E-state index contributed by atoms with van der Waals surface area (Å²) < 4.78 is 34.8. The third-order valence-electron chi connectivity index (χ3n) is 3.93. The molecule has 1 aromatic carbocycles. The molecule has 0 aliphatic carbocycles. The second kappa shape index (κ2) is 9.01. The first-order chi connectivity index (χ1) is 12.7. The fourth-order valence-corrected chi connectivity index (χ4v) is 3.73. The quantitative estimate of drug-likeness (QED) is 0.596.